The van der Waals surface area contributed by atoms with Gasteiger partial charge in [-0.2, -0.15) is 0 Å². The van der Waals surface area contributed by atoms with E-state index in [9.17, 15) is 0 Å². The van der Waals surface area contributed by atoms with Crippen molar-refractivity contribution in [3.63, 3.8) is 0 Å². The summed E-state index contributed by atoms with van der Waals surface area (Å²) in [6, 6.07) is 0. The molecule has 0 aliphatic carbocycles. The Hall–Kier alpha value is -0.990. The van der Waals surface area contributed by atoms with Gasteiger partial charge in [0.15, 0.2) is 0 Å². The molecule has 0 spiro atoms. The molecule has 3 nitrogen and oxygen atoms in total. The van der Waals surface area contributed by atoms with Crippen molar-refractivity contribution in [2.75, 3.05) is 6.61 Å². The fourth-order valence-corrected chi connectivity index (χ4v) is 0.489. The van der Waals surface area contributed by atoms with Crippen molar-refractivity contribution in [2.24, 2.45) is 0 Å². The Balaban J connectivity index is 0.000000180. The summed E-state index contributed by atoms with van der Waals surface area (Å²) >= 11 is 0. The summed E-state index contributed by atoms with van der Waals surface area (Å²) in [4.78, 5) is 9.00. The van der Waals surface area contributed by atoms with E-state index in [2.05, 4.69) is 0 Å². The third-order valence-electron chi connectivity index (χ3n) is 0.825. The van der Waals surface area contributed by atoms with Gasteiger partial charge in [0.2, 0.25) is 0 Å². The van der Waals surface area contributed by atoms with E-state index >= 15 is 0 Å². The maximum absolute atomic E-state index is 9.00. The molecule has 0 aromatic carbocycles. The van der Waals surface area contributed by atoms with Crippen LogP contribution < -0.4 is 0 Å². The molecule has 0 aromatic rings. The lowest BCUT2D eigenvalue weighted by atomic mass is 10.3. The van der Waals surface area contributed by atoms with Crippen LogP contribution in [0.2, 0.25) is 0 Å². The van der Waals surface area contributed by atoms with Gasteiger partial charge in [-0.15, -0.1) is 0 Å². The van der Waals surface area contributed by atoms with Crippen LogP contribution >= 0.6 is 0 Å². The van der Waals surface area contributed by atoms with Crippen molar-refractivity contribution in [2.45, 2.75) is 19.8 Å². The van der Waals surface area contributed by atoms with Crippen molar-refractivity contribution < 1.29 is 14.6 Å². The smallest absolute Gasteiger partial charge is 0.300 e. The molecule has 0 saturated heterocycles. The number of hydrogen-bond donors (Lipinski definition) is 1. The van der Waals surface area contributed by atoms with E-state index in [0.29, 0.717) is 0 Å². The maximum Gasteiger partial charge on any atom is 0.300 e. The monoisotopic (exact) mass is 144 g/mol. The van der Waals surface area contributed by atoms with E-state index in [1.807, 2.05) is 6.08 Å². The second-order valence-electron chi connectivity index (χ2n) is 1.90. The SMILES string of the molecule is C1=COCCC1.CC(=O)O. The Labute approximate surface area is 60.3 Å². The van der Waals surface area contributed by atoms with E-state index in [4.69, 9.17) is 14.6 Å². The van der Waals surface area contributed by atoms with E-state index in [0.717, 1.165) is 13.5 Å². The Morgan fingerprint density at radius 2 is 2.30 bits per heavy atom. The van der Waals surface area contributed by atoms with Crippen LogP contribution in [0, 0.1) is 0 Å². The number of carboxylic acid groups (broad SMARTS) is 1. The molecule has 0 fully saturated rings. The Bertz CT molecular complexity index is 106. The van der Waals surface area contributed by atoms with E-state index in [-0.39, 0.29) is 0 Å². The van der Waals surface area contributed by atoms with Gasteiger partial charge in [-0.25, -0.2) is 0 Å². The Morgan fingerprint density at radius 3 is 2.40 bits per heavy atom. The first-order valence-electron chi connectivity index (χ1n) is 3.19. The van der Waals surface area contributed by atoms with Gasteiger partial charge in [-0.05, 0) is 18.9 Å². The van der Waals surface area contributed by atoms with Gasteiger partial charge in [0.1, 0.15) is 0 Å². The van der Waals surface area contributed by atoms with Crippen molar-refractivity contribution in [1.29, 1.82) is 0 Å². The molecule has 1 heterocycles. The van der Waals surface area contributed by atoms with Gasteiger partial charge in [0.05, 0.1) is 12.9 Å². The number of allylic oxidation sites excluding steroid dienone is 1. The average Bonchev–Trinajstić information content (AvgIpc) is 1.90. The fraction of sp³-hybridized carbons (Fsp3) is 0.571. The molecular formula is C7H12O3. The topological polar surface area (TPSA) is 46.5 Å². The quantitative estimate of drug-likeness (QED) is 0.559. The minimum atomic E-state index is -0.833. The summed E-state index contributed by atoms with van der Waals surface area (Å²) in [7, 11) is 0. The highest BCUT2D eigenvalue weighted by Crippen LogP contribution is 1.97. The molecule has 0 radical (unpaired) electrons. The molecule has 1 N–H and O–H groups in total. The molecular weight excluding hydrogens is 132 g/mol. The van der Waals surface area contributed by atoms with Crippen molar-refractivity contribution in [3.05, 3.63) is 12.3 Å². The van der Waals surface area contributed by atoms with Crippen molar-refractivity contribution in [1.82, 2.24) is 0 Å². The van der Waals surface area contributed by atoms with Gasteiger partial charge >= 0.3 is 0 Å². The molecule has 0 atom stereocenters. The largest absolute Gasteiger partial charge is 0.502 e. The van der Waals surface area contributed by atoms with Crippen LogP contribution in [-0.2, 0) is 9.53 Å². The molecule has 1 aliphatic heterocycles. The zero-order chi connectivity index (χ0) is 7.82. The Morgan fingerprint density at radius 1 is 1.70 bits per heavy atom. The predicted molar refractivity (Wildman–Crippen MR) is 37.6 cm³/mol. The number of aliphatic carboxylic acids is 1. The first-order chi connectivity index (χ1) is 4.73. The number of carbonyl (C=O) groups is 1. The zero-order valence-electron chi connectivity index (χ0n) is 6.04. The first kappa shape index (κ1) is 9.01. The number of carboxylic acids is 1. The molecule has 0 aromatic heterocycles. The molecule has 0 bridgehead atoms. The van der Waals surface area contributed by atoms with Crippen LogP contribution in [0.1, 0.15) is 19.8 Å². The predicted octanol–water partition coefficient (Wildman–Crippen LogP) is 1.40. The highest BCUT2D eigenvalue weighted by Gasteiger charge is 1.86. The molecule has 1 rings (SSSR count). The van der Waals surface area contributed by atoms with Crippen LogP contribution in [0.15, 0.2) is 12.3 Å². The van der Waals surface area contributed by atoms with Gasteiger partial charge < -0.3 is 9.84 Å². The third-order valence-corrected chi connectivity index (χ3v) is 0.825. The highest BCUT2D eigenvalue weighted by atomic mass is 16.5. The molecule has 10 heavy (non-hydrogen) atoms. The summed E-state index contributed by atoms with van der Waals surface area (Å²) in [5.74, 6) is -0.833. The van der Waals surface area contributed by atoms with Crippen LogP contribution in [0.25, 0.3) is 0 Å². The second-order valence-corrected chi connectivity index (χ2v) is 1.90. The van der Waals surface area contributed by atoms with Crippen LogP contribution in [-0.4, -0.2) is 17.7 Å². The van der Waals surface area contributed by atoms with Crippen LogP contribution in [0.5, 0.6) is 0 Å². The zero-order valence-corrected chi connectivity index (χ0v) is 6.04. The number of rotatable bonds is 0. The summed E-state index contributed by atoms with van der Waals surface area (Å²) in [5.41, 5.74) is 0. The first-order valence-corrected chi connectivity index (χ1v) is 3.19. The van der Waals surface area contributed by atoms with Gasteiger partial charge in [0.25, 0.3) is 5.97 Å². The molecule has 0 amide bonds. The minimum Gasteiger partial charge on any atom is -0.502 e. The number of ether oxygens (including phenoxy) is 1. The normalized spacial score (nSPS) is 14.5. The highest BCUT2D eigenvalue weighted by molar-refractivity contribution is 5.62. The average molecular weight is 144 g/mol. The van der Waals surface area contributed by atoms with Crippen molar-refractivity contribution >= 4 is 5.97 Å². The Kier molecular flexibility index (Phi) is 5.53. The lowest BCUT2D eigenvalue weighted by Gasteiger charge is -2.01. The lowest BCUT2D eigenvalue weighted by molar-refractivity contribution is -0.134. The summed E-state index contributed by atoms with van der Waals surface area (Å²) < 4.78 is 4.89. The minimum absolute atomic E-state index is 0.833. The standard InChI is InChI=1S/C5H8O.C2H4O2/c1-2-4-6-5-3-1;1-2(3)4/h2,4H,1,3,5H2;1H3,(H,3,4). The summed E-state index contributed by atoms with van der Waals surface area (Å²) in [5, 5.41) is 7.42. The number of hydrogen-bond acceptors (Lipinski definition) is 2. The third kappa shape index (κ3) is 10.1. The van der Waals surface area contributed by atoms with Gasteiger partial charge in [-0.1, -0.05) is 0 Å². The van der Waals surface area contributed by atoms with Gasteiger partial charge in [-0.3, -0.25) is 4.79 Å². The molecule has 0 unspecified atom stereocenters. The maximum atomic E-state index is 9.00. The van der Waals surface area contributed by atoms with E-state index < -0.39 is 5.97 Å². The summed E-state index contributed by atoms with van der Waals surface area (Å²) in [6.07, 6.45) is 6.20. The lowest BCUT2D eigenvalue weighted by Crippen LogP contribution is -1.90. The molecule has 3 heteroatoms. The van der Waals surface area contributed by atoms with E-state index in [1.165, 1.54) is 12.8 Å². The molecule has 1 aliphatic rings. The van der Waals surface area contributed by atoms with Crippen molar-refractivity contribution in [3.8, 4) is 0 Å². The van der Waals surface area contributed by atoms with Gasteiger partial charge in [0, 0.05) is 6.92 Å². The molecule has 0 saturated carbocycles. The molecule has 58 valence electrons. The van der Waals surface area contributed by atoms with Crippen LogP contribution in [0.3, 0.4) is 0 Å². The fourth-order valence-electron chi connectivity index (χ4n) is 0.489. The van der Waals surface area contributed by atoms with Crippen LogP contribution in [0.4, 0.5) is 0 Å². The summed E-state index contributed by atoms with van der Waals surface area (Å²) in [6.45, 7) is 2.00. The van der Waals surface area contributed by atoms with E-state index in [1.54, 1.807) is 6.26 Å². The second kappa shape index (κ2) is 6.13.